The van der Waals surface area contributed by atoms with Gasteiger partial charge in [0, 0.05) is 13.0 Å². The van der Waals surface area contributed by atoms with E-state index in [4.69, 9.17) is 9.47 Å². The van der Waals surface area contributed by atoms with Gasteiger partial charge in [-0.1, -0.05) is 13.0 Å². The van der Waals surface area contributed by atoms with Crippen LogP contribution in [0.2, 0.25) is 0 Å². The molecule has 5 nitrogen and oxygen atoms in total. The molecular formula is C15H24N2O3. The van der Waals surface area contributed by atoms with Crippen molar-refractivity contribution in [1.82, 2.24) is 10.2 Å². The van der Waals surface area contributed by atoms with Gasteiger partial charge in [-0.15, -0.1) is 0 Å². The van der Waals surface area contributed by atoms with Gasteiger partial charge in [-0.3, -0.25) is 4.79 Å². The maximum Gasteiger partial charge on any atom is 0.219 e. The Labute approximate surface area is 120 Å². The lowest BCUT2D eigenvalue weighted by Gasteiger charge is -2.25. The summed E-state index contributed by atoms with van der Waals surface area (Å²) in [5, 5.41) is 2.93. The van der Waals surface area contributed by atoms with E-state index in [-0.39, 0.29) is 11.9 Å². The molecule has 1 amide bonds. The van der Waals surface area contributed by atoms with Crippen LogP contribution in [-0.2, 0) is 4.79 Å². The normalized spacial score (nSPS) is 12.1. The monoisotopic (exact) mass is 280 g/mol. The number of hydrogen-bond acceptors (Lipinski definition) is 4. The van der Waals surface area contributed by atoms with Gasteiger partial charge in [0.25, 0.3) is 0 Å². The highest BCUT2D eigenvalue weighted by atomic mass is 16.5. The third-order valence-corrected chi connectivity index (χ3v) is 3.23. The molecule has 0 spiro atoms. The van der Waals surface area contributed by atoms with Gasteiger partial charge in [0.2, 0.25) is 5.91 Å². The minimum atomic E-state index is 0.0531. The maximum absolute atomic E-state index is 11.4. The van der Waals surface area contributed by atoms with Gasteiger partial charge in [0.1, 0.15) is 0 Å². The fourth-order valence-corrected chi connectivity index (χ4v) is 1.99. The molecule has 0 aliphatic rings. The molecule has 1 rings (SSSR count). The van der Waals surface area contributed by atoms with Crippen molar-refractivity contribution in [3.8, 4) is 11.5 Å². The molecule has 0 radical (unpaired) electrons. The second kappa shape index (κ2) is 7.75. The van der Waals surface area contributed by atoms with Crippen LogP contribution >= 0.6 is 0 Å². The number of nitrogens with one attached hydrogen (secondary N) is 1. The summed E-state index contributed by atoms with van der Waals surface area (Å²) in [6.45, 7) is 2.41. The summed E-state index contributed by atoms with van der Waals surface area (Å²) in [5.74, 6) is 1.45. The highest BCUT2D eigenvalue weighted by Crippen LogP contribution is 2.31. The Kier molecular flexibility index (Phi) is 6.31. The number of benzene rings is 1. The molecule has 0 aromatic heterocycles. The predicted molar refractivity (Wildman–Crippen MR) is 79.3 cm³/mol. The van der Waals surface area contributed by atoms with E-state index in [2.05, 4.69) is 10.2 Å². The Balaban J connectivity index is 2.94. The van der Waals surface area contributed by atoms with Crippen molar-refractivity contribution >= 4 is 5.91 Å². The largest absolute Gasteiger partial charge is 0.493 e. The van der Waals surface area contributed by atoms with Gasteiger partial charge in [0.15, 0.2) is 11.5 Å². The molecular weight excluding hydrogens is 256 g/mol. The molecule has 1 N–H and O–H groups in total. The van der Waals surface area contributed by atoms with Crippen LogP contribution in [0.25, 0.3) is 0 Å². The zero-order chi connectivity index (χ0) is 15.1. The first-order chi connectivity index (χ1) is 9.53. The molecule has 112 valence electrons. The zero-order valence-electron chi connectivity index (χ0n) is 12.9. The predicted octanol–water partition coefficient (Wildman–Crippen LogP) is 1.83. The van der Waals surface area contributed by atoms with E-state index in [0.29, 0.717) is 24.5 Å². The quantitative estimate of drug-likeness (QED) is 0.828. The molecule has 0 aliphatic carbocycles. The molecule has 1 unspecified atom stereocenters. The summed E-state index contributed by atoms with van der Waals surface area (Å²) < 4.78 is 10.6. The molecule has 0 saturated carbocycles. The van der Waals surface area contributed by atoms with Crippen molar-refractivity contribution in [1.29, 1.82) is 0 Å². The number of likely N-dealkylation sites (N-methyl/N-ethyl adjacent to an activating group) is 1. The van der Waals surface area contributed by atoms with Gasteiger partial charge in [0.05, 0.1) is 20.3 Å². The van der Waals surface area contributed by atoms with E-state index in [9.17, 15) is 4.79 Å². The summed E-state index contributed by atoms with van der Waals surface area (Å²) in [4.78, 5) is 13.5. The van der Waals surface area contributed by atoms with E-state index >= 15 is 0 Å². The van der Waals surface area contributed by atoms with Gasteiger partial charge in [-0.05, 0) is 31.8 Å². The number of amides is 1. The fourth-order valence-electron chi connectivity index (χ4n) is 1.99. The molecule has 0 saturated heterocycles. The van der Waals surface area contributed by atoms with Crippen LogP contribution in [0.3, 0.4) is 0 Å². The highest BCUT2D eigenvalue weighted by Gasteiger charge is 2.17. The first-order valence-corrected chi connectivity index (χ1v) is 6.68. The van der Waals surface area contributed by atoms with Crippen molar-refractivity contribution in [2.45, 2.75) is 19.4 Å². The number of ether oxygens (including phenoxy) is 2. The van der Waals surface area contributed by atoms with Crippen LogP contribution in [0.15, 0.2) is 18.2 Å². The molecule has 0 fully saturated rings. The fraction of sp³-hybridized carbons (Fsp3) is 0.533. The Hall–Kier alpha value is -1.75. The molecule has 1 atom stereocenters. The minimum Gasteiger partial charge on any atom is -0.493 e. The molecule has 1 aromatic carbocycles. The van der Waals surface area contributed by atoms with Gasteiger partial charge in [-0.2, -0.15) is 0 Å². The van der Waals surface area contributed by atoms with Gasteiger partial charge in [-0.25, -0.2) is 0 Å². The van der Waals surface area contributed by atoms with E-state index in [1.165, 1.54) is 0 Å². The van der Waals surface area contributed by atoms with Crippen LogP contribution in [0.5, 0.6) is 11.5 Å². The lowest BCUT2D eigenvalue weighted by molar-refractivity contribution is -0.121. The Morgan fingerprint density at radius 1 is 1.25 bits per heavy atom. The maximum atomic E-state index is 11.4. The third kappa shape index (κ3) is 4.13. The van der Waals surface area contributed by atoms with Crippen LogP contribution in [0, 0.1) is 0 Å². The lowest BCUT2D eigenvalue weighted by Crippen LogP contribution is -2.34. The summed E-state index contributed by atoms with van der Waals surface area (Å²) in [7, 11) is 7.20. The molecule has 0 heterocycles. The van der Waals surface area contributed by atoms with Crippen LogP contribution in [0.4, 0.5) is 0 Å². The molecule has 0 aliphatic heterocycles. The summed E-state index contributed by atoms with van der Waals surface area (Å²) in [6.07, 6.45) is 0.492. The first-order valence-electron chi connectivity index (χ1n) is 6.68. The number of methoxy groups -OCH3 is 2. The van der Waals surface area contributed by atoms with Gasteiger partial charge < -0.3 is 19.7 Å². The van der Waals surface area contributed by atoms with Crippen molar-refractivity contribution in [3.63, 3.8) is 0 Å². The molecule has 5 heteroatoms. The van der Waals surface area contributed by atoms with E-state index < -0.39 is 0 Å². The van der Waals surface area contributed by atoms with Crippen molar-refractivity contribution < 1.29 is 14.3 Å². The summed E-state index contributed by atoms with van der Waals surface area (Å²) >= 11 is 0. The highest BCUT2D eigenvalue weighted by molar-refractivity contribution is 5.75. The lowest BCUT2D eigenvalue weighted by atomic mass is 10.0. The molecule has 1 aromatic rings. The molecule has 0 bridgehead atoms. The van der Waals surface area contributed by atoms with E-state index in [0.717, 1.165) is 5.56 Å². The van der Waals surface area contributed by atoms with Gasteiger partial charge >= 0.3 is 0 Å². The summed E-state index contributed by atoms with van der Waals surface area (Å²) in [5.41, 5.74) is 1.07. The average molecular weight is 280 g/mol. The topological polar surface area (TPSA) is 50.8 Å². The second-order valence-corrected chi connectivity index (χ2v) is 4.75. The third-order valence-electron chi connectivity index (χ3n) is 3.23. The second-order valence-electron chi connectivity index (χ2n) is 4.75. The smallest absolute Gasteiger partial charge is 0.219 e. The zero-order valence-corrected chi connectivity index (χ0v) is 12.9. The van der Waals surface area contributed by atoms with Crippen molar-refractivity contribution in [3.05, 3.63) is 23.8 Å². The minimum absolute atomic E-state index is 0.0531. The van der Waals surface area contributed by atoms with Crippen LogP contribution in [-0.4, -0.2) is 45.7 Å². The standard InChI is InChI=1S/C15H24N2O3/c1-6-15(18)16-10-12(17(2)3)11-7-8-13(19-4)14(9-11)20-5/h7-9,12H,6,10H2,1-5H3,(H,16,18). The number of hydrogen-bond donors (Lipinski definition) is 1. The Morgan fingerprint density at radius 3 is 2.40 bits per heavy atom. The number of rotatable bonds is 7. The number of carbonyl (C=O) groups is 1. The average Bonchev–Trinajstić information content (AvgIpc) is 2.46. The van der Waals surface area contributed by atoms with Crippen LogP contribution in [0.1, 0.15) is 24.9 Å². The Morgan fingerprint density at radius 2 is 1.90 bits per heavy atom. The number of carbonyl (C=O) groups excluding carboxylic acids is 1. The molecule has 20 heavy (non-hydrogen) atoms. The first kappa shape index (κ1) is 16.3. The van der Waals surface area contributed by atoms with Crippen molar-refractivity contribution in [2.24, 2.45) is 0 Å². The SMILES string of the molecule is CCC(=O)NCC(c1ccc(OC)c(OC)c1)N(C)C. The summed E-state index contributed by atoms with van der Waals surface area (Å²) in [6, 6.07) is 5.91. The van der Waals surface area contributed by atoms with E-state index in [1.54, 1.807) is 14.2 Å². The van der Waals surface area contributed by atoms with Crippen LogP contribution < -0.4 is 14.8 Å². The van der Waals surface area contributed by atoms with E-state index in [1.807, 2.05) is 39.2 Å². The Bertz CT molecular complexity index is 447. The van der Waals surface area contributed by atoms with Crippen molar-refractivity contribution in [2.75, 3.05) is 34.9 Å². The number of nitrogens with zero attached hydrogens (tertiary/aromatic N) is 1.